The Morgan fingerprint density at radius 3 is 2.70 bits per heavy atom. The van der Waals surface area contributed by atoms with E-state index in [0.29, 0.717) is 10.8 Å². The van der Waals surface area contributed by atoms with Crippen molar-refractivity contribution in [2.45, 2.75) is 13.0 Å². The smallest absolute Gasteiger partial charge is 0.328 e. The summed E-state index contributed by atoms with van der Waals surface area (Å²) in [7, 11) is 1.24. The third-order valence-electron chi connectivity index (χ3n) is 2.90. The van der Waals surface area contributed by atoms with Gasteiger partial charge in [-0.3, -0.25) is 9.59 Å². The van der Waals surface area contributed by atoms with Gasteiger partial charge in [0.2, 0.25) is 0 Å². The second-order valence-electron chi connectivity index (χ2n) is 4.32. The maximum Gasteiger partial charge on any atom is 0.328 e. The number of hydrogen-bond donors (Lipinski definition) is 2. The van der Waals surface area contributed by atoms with Crippen LogP contribution in [0.5, 0.6) is 0 Å². The lowest BCUT2D eigenvalue weighted by atomic mass is 10.1. The number of carbonyl (C=O) groups excluding carboxylic acids is 2. The van der Waals surface area contributed by atoms with Crippen LogP contribution in [-0.2, 0) is 9.53 Å². The summed E-state index contributed by atoms with van der Waals surface area (Å²) < 4.78 is 4.52. The molecule has 0 fully saturated rings. The molecule has 1 atom stereocenters. The van der Waals surface area contributed by atoms with E-state index in [9.17, 15) is 14.4 Å². The fourth-order valence-electron chi connectivity index (χ4n) is 1.84. The van der Waals surface area contributed by atoms with Gasteiger partial charge in [0, 0.05) is 5.39 Å². The zero-order valence-electron chi connectivity index (χ0n) is 11.1. The molecule has 1 unspecified atom stereocenters. The minimum Gasteiger partial charge on any atom is -0.467 e. The Kier molecular flexibility index (Phi) is 3.84. The van der Waals surface area contributed by atoms with Crippen molar-refractivity contribution in [2.24, 2.45) is 0 Å². The van der Waals surface area contributed by atoms with Crippen LogP contribution in [0.3, 0.4) is 0 Å². The van der Waals surface area contributed by atoms with Gasteiger partial charge in [0.05, 0.1) is 7.11 Å². The van der Waals surface area contributed by atoms with Crippen molar-refractivity contribution in [1.29, 1.82) is 0 Å². The third kappa shape index (κ3) is 2.69. The summed E-state index contributed by atoms with van der Waals surface area (Å²) in [6, 6.07) is 7.72. The Morgan fingerprint density at radius 2 is 2.00 bits per heavy atom. The van der Waals surface area contributed by atoms with Crippen LogP contribution < -0.4 is 10.9 Å². The monoisotopic (exact) mass is 274 g/mol. The van der Waals surface area contributed by atoms with Crippen LogP contribution in [0.25, 0.3) is 10.8 Å². The SMILES string of the molecule is COC(=O)C(C)NC(=O)c1cc2ccccc2c(=O)[nH]1. The van der Waals surface area contributed by atoms with Crippen molar-refractivity contribution in [3.05, 3.63) is 46.4 Å². The molecule has 2 N–H and O–H groups in total. The Bertz CT molecular complexity index is 720. The van der Waals surface area contributed by atoms with E-state index in [-0.39, 0.29) is 11.3 Å². The average molecular weight is 274 g/mol. The lowest BCUT2D eigenvalue weighted by Crippen LogP contribution is -2.39. The first-order chi connectivity index (χ1) is 9.52. The van der Waals surface area contributed by atoms with Gasteiger partial charge in [0.25, 0.3) is 11.5 Å². The molecule has 1 aromatic carbocycles. The van der Waals surface area contributed by atoms with Crippen molar-refractivity contribution in [3.63, 3.8) is 0 Å². The topological polar surface area (TPSA) is 88.3 Å². The molecular weight excluding hydrogens is 260 g/mol. The number of aromatic amines is 1. The quantitative estimate of drug-likeness (QED) is 0.811. The number of amides is 1. The Labute approximate surface area is 114 Å². The minimum atomic E-state index is -0.789. The molecule has 6 heteroatoms. The number of nitrogens with one attached hydrogen (secondary N) is 2. The standard InChI is InChI=1S/C14H14N2O4/c1-8(14(19)20-2)15-13(18)11-7-9-5-3-4-6-10(9)12(17)16-11/h3-8H,1-2H3,(H,15,18)(H,16,17). The van der Waals surface area contributed by atoms with E-state index in [0.717, 1.165) is 0 Å². The van der Waals surface area contributed by atoms with Gasteiger partial charge < -0.3 is 15.0 Å². The summed E-state index contributed by atoms with van der Waals surface area (Å²) in [6.45, 7) is 1.50. The maximum atomic E-state index is 12.0. The molecule has 0 bridgehead atoms. The van der Waals surface area contributed by atoms with E-state index < -0.39 is 17.9 Å². The van der Waals surface area contributed by atoms with E-state index in [1.54, 1.807) is 30.3 Å². The zero-order chi connectivity index (χ0) is 14.7. The number of H-pyrrole nitrogens is 1. The molecular formula is C14H14N2O4. The van der Waals surface area contributed by atoms with Crippen LogP contribution in [0, 0.1) is 0 Å². The van der Waals surface area contributed by atoms with Gasteiger partial charge in [-0.25, -0.2) is 4.79 Å². The molecule has 1 amide bonds. The third-order valence-corrected chi connectivity index (χ3v) is 2.90. The van der Waals surface area contributed by atoms with Crippen molar-refractivity contribution in [3.8, 4) is 0 Å². The molecule has 1 aromatic heterocycles. The van der Waals surface area contributed by atoms with Gasteiger partial charge in [0.15, 0.2) is 0 Å². The Balaban J connectivity index is 2.31. The molecule has 0 aliphatic carbocycles. The predicted octanol–water partition coefficient (Wildman–Crippen LogP) is 0.819. The minimum absolute atomic E-state index is 0.101. The van der Waals surface area contributed by atoms with Gasteiger partial charge in [-0.15, -0.1) is 0 Å². The van der Waals surface area contributed by atoms with Gasteiger partial charge in [-0.05, 0) is 24.4 Å². The number of ether oxygens (including phenoxy) is 1. The number of rotatable bonds is 3. The summed E-state index contributed by atoms with van der Waals surface area (Å²) in [5.74, 6) is -1.09. The summed E-state index contributed by atoms with van der Waals surface area (Å²) >= 11 is 0. The van der Waals surface area contributed by atoms with E-state index in [1.807, 2.05) is 0 Å². The van der Waals surface area contributed by atoms with E-state index >= 15 is 0 Å². The van der Waals surface area contributed by atoms with Crippen molar-refractivity contribution in [1.82, 2.24) is 10.3 Å². The molecule has 2 aromatic rings. The highest BCUT2D eigenvalue weighted by atomic mass is 16.5. The van der Waals surface area contributed by atoms with Crippen molar-refractivity contribution in [2.75, 3.05) is 7.11 Å². The molecule has 0 saturated carbocycles. The van der Waals surface area contributed by atoms with Gasteiger partial charge in [0.1, 0.15) is 11.7 Å². The number of aromatic nitrogens is 1. The molecule has 6 nitrogen and oxygen atoms in total. The highest BCUT2D eigenvalue weighted by Crippen LogP contribution is 2.09. The van der Waals surface area contributed by atoms with E-state index in [2.05, 4.69) is 15.0 Å². The van der Waals surface area contributed by atoms with Crippen LogP contribution in [0.1, 0.15) is 17.4 Å². The molecule has 0 aliphatic rings. The number of benzene rings is 1. The molecule has 104 valence electrons. The highest BCUT2D eigenvalue weighted by Gasteiger charge is 2.17. The van der Waals surface area contributed by atoms with Crippen LogP contribution in [0.2, 0.25) is 0 Å². The average Bonchev–Trinajstić information content (AvgIpc) is 2.46. The van der Waals surface area contributed by atoms with Gasteiger partial charge >= 0.3 is 5.97 Å². The molecule has 0 spiro atoms. The lowest BCUT2D eigenvalue weighted by Gasteiger charge is -2.11. The van der Waals surface area contributed by atoms with E-state index in [4.69, 9.17) is 0 Å². The fraction of sp³-hybridized carbons (Fsp3) is 0.214. The van der Waals surface area contributed by atoms with Crippen molar-refractivity contribution < 1.29 is 14.3 Å². The first-order valence-corrected chi connectivity index (χ1v) is 6.03. The number of hydrogen-bond acceptors (Lipinski definition) is 4. The molecule has 1 heterocycles. The summed E-state index contributed by atoms with van der Waals surface area (Å²) in [5, 5.41) is 3.62. The van der Waals surface area contributed by atoms with Crippen LogP contribution in [-0.4, -0.2) is 30.0 Å². The summed E-state index contributed by atoms with van der Waals surface area (Å²) in [6.07, 6.45) is 0. The Morgan fingerprint density at radius 1 is 1.30 bits per heavy atom. The molecule has 0 aliphatic heterocycles. The second-order valence-corrected chi connectivity index (χ2v) is 4.32. The highest BCUT2D eigenvalue weighted by molar-refractivity contribution is 5.98. The maximum absolute atomic E-state index is 12.0. The fourth-order valence-corrected chi connectivity index (χ4v) is 1.84. The molecule has 2 rings (SSSR count). The van der Waals surface area contributed by atoms with Gasteiger partial charge in [-0.2, -0.15) is 0 Å². The van der Waals surface area contributed by atoms with E-state index in [1.165, 1.54) is 14.0 Å². The number of fused-ring (bicyclic) bond motifs is 1. The number of esters is 1. The van der Waals surface area contributed by atoms with Crippen LogP contribution >= 0.6 is 0 Å². The zero-order valence-corrected chi connectivity index (χ0v) is 11.1. The lowest BCUT2D eigenvalue weighted by molar-refractivity contribution is -0.142. The predicted molar refractivity (Wildman–Crippen MR) is 73.5 cm³/mol. The van der Waals surface area contributed by atoms with Gasteiger partial charge in [-0.1, -0.05) is 18.2 Å². The first kappa shape index (κ1) is 13.8. The molecule has 20 heavy (non-hydrogen) atoms. The van der Waals surface area contributed by atoms with Crippen LogP contribution in [0.15, 0.2) is 35.1 Å². The number of carbonyl (C=O) groups is 2. The first-order valence-electron chi connectivity index (χ1n) is 6.03. The summed E-state index contributed by atoms with van der Waals surface area (Å²) in [4.78, 5) is 37.6. The molecule has 0 saturated heterocycles. The summed E-state index contributed by atoms with van der Waals surface area (Å²) in [5.41, 5.74) is -0.247. The number of pyridine rings is 1. The van der Waals surface area contributed by atoms with Crippen LogP contribution in [0.4, 0.5) is 0 Å². The normalized spacial score (nSPS) is 11.9. The molecule has 0 radical (unpaired) electrons. The number of methoxy groups -OCH3 is 1. The second kappa shape index (κ2) is 5.56. The van der Waals surface area contributed by atoms with Crippen molar-refractivity contribution >= 4 is 22.6 Å². The largest absolute Gasteiger partial charge is 0.467 e. The Hall–Kier alpha value is -2.63.